The highest BCUT2D eigenvalue weighted by molar-refractivity contribution is 9.10. The smallest absolute Gasteiger partial charge is 0.227 e. The van der Waals surface area contributed by atoms with Crippen LogP contribution in [-0.4, -0.2) is 12.5 Å². The molecule has 5 heteroatoms. The van der Waals surface area contributed by atoms with E-state index in [0.29, 0.717) is 28.7 Å². The highest BCUT2D eigenvalue weighted by atomic mass is 79.9. The number of benzene rings is 1. The summed E-state index contributed by atoms with van der Waals surface area (Å²) >= 11 is 15.6. The second-order valence-electron chi connectivity index (χ2n) is 3.92. The highest BCUT2D eigenvalue weighted by Crippen LogP contribution is 2.39. The van der Waals surface area contributed by atoms with Gasteiger partial charge in [-0.2, -0.15) is 0 Å². The normalized spacial score (nSPS) is 19.8. The first-order chi connectivity index (χ1) is 8.02. The van der Waals surface area contributed by atoms with Gasteiger partial charge in [-0.25, -0.2) is 0 Å². The van der Waals surface area contributed by atoms with Crippen LogP contribution in [0.2, 0.25) is 10.0 Å². The fraction of sp³-hybridized carbons (Fsp3) is 0.250. The van der Waals surface area contributed by atoms with Gasteiger partial charge < -0.3 is 4.90 Å². The number of carbonyl (C=O) groups excluding carboxylic acids is 1. The van der Waals surface area contributed by atoms with Crippen LogP contribution in [0.3, 0.4) is 0 Å². The molecule has 0 aliphatic carbocycles. The Hall–Kier alpha value is -0.510. The summed E-state index contributed by atoms with van der Waals surface area (Å²) in [5.41, 5.74) is 0.589. The Morgan fingerprint density at radius 2 is 2.00 bits per heavy atom. The zero-order valence-electron chi connectivity index (χ0n) is 8.92. The minimum absolute atomic E-state index is 0.0287. The van der Waals surface area contributed by atoms with Gasteiger partial charge in [0, 0.05) is 23.4 Å². The molecule has 0 radical (unpaired) electrons. The fourth-order valence-corrected chi connectivity index (χ4v) is 3.31. The molecule has 2 nitrogen and oxygen atoms in total. The molecule has 0 spiro atoms. The Bertz CT molecular complexity index is 466. The molecule has 1 atom stereocenters. The lowest BCUT2D eigenvalue weighted by Crippen LogP contribution is -2.25. The lowest BCUT2D eigenvalue weighted by molar-refractivity contribution is -0.117. The first kappa shape index (κ1) is 12.9. The summed E-state index contributed by atoms with van der Waals surface area (Å²) < 4.78 is 0.795. The van der Waals surface area contributed by atoms with Crippen LogP contribution in [0.25, 0.3) is 0 Å². The standard InChI is InChI=1S/C12H10BrCl2NO/c1-2-7-3-11(17)16(6-7)12-9(14)4-8(13)5-10(12)15/h2,4-5,7H,1,3,6H2. The molecule has 90 valence electrons. The summed E-state index contributed by atoms with van der Waals surface area (Å²) in [6, 6.07) is 3.47. The largest absolute Gasteiger partial charge is 0.309 e. The van der Waals surface area contributed by atoms with Crippen LogP contribution < -0.4 is 4.90 Å². The molecule has 0 saturated carbocycles. The van der Waals surface area contributed by atoms with E-state index in [1.807, 2.05) is 0 Å². The average molecular weight is 335 g/mol. The highest BCUT2D eigenvalue weighted by Gasteiger charge is 2.31. The molecule has 0 N–H and O–H groups in total. The van der Waals surface area contributed by atoms with Gasteiger partial charge in [-0.1, -0.05) is 45.2 Å². The van der Waals surface area contributed by atoms with E-state index >= 15 is 0 Å². The molecular weight excluding hydrogens is 325 g/mol. The van der Waals surface area contributed by atoms with E-state index < -0.39 is 0 Å². The van der Waals surface area contributed by atoms with Crippen molar-refractivity contribution in [1.82, 2.24) is 0 Å². The van der Waals surface area contributed by atoms with E-state index in [1.54, 1.807) is 23.1 Å². The molecule has 0 bridgehead atoms. The number of carbonyl (C=O) groups is 1. The van der Waals surface area contributed by atoms with Gasteiger partial charge in [0.15, 0.2) is 0 Å². The number of halogens is 3. The number of rotatable bonds is 2. The van der Waals surface area contributed by atoms with Gasteiger partial charge in [-0.3, -0.25) is 4.79 Å². The number of anilines is 1. The second-order valence-corrected chi connectivity index (χ2v) is 5.65. The Balaban J connectivity index is 2.41. The molecular formula is C12H10BrCl2NO. The van der Waals surface area contributed by atoms with Crippen LogP contribution in [0.4, 0.5) is 5.69 Å². The summed E-state index contributed by atoms with van der Waals surface area (Å²) in [4.78, 5) is 13.5. The number of amides is 1. The zero-order chi connectivity index (χ0) is 12.6. The van der Waals surface area contributed by atoms with Crippen molar-refractivity contribution in [2.24, 2.45) is 5.92 Å². The van der Waals surface area contributed by atoms with Gasteiger partial charge in [0.05, 0.1) is 15.7 Å². The average Bonchev–Trinajstić information content (AvgIpc) is 2.59. The van der Waals surface area contributed by atoms with Crippen LogP contribution in [0.5, 0.6) is 0 Å². The third-order valence-electron chi connectivity index (χ3n) is 2.74. The van der Waals surface area contributed by atoms with Crippen molar-refractivity contribution in [3.8, 4) is 0 Å². The van der Waals surface area contributed by atoms with Crippen molar-refractivity contribution < 1.29 is 4.79 Å². The summed E-state index contributed by atoms with van der Waals surface area (Å²) in [6.45, 7) is 4.30. The molecule has 1 heterocycles. The molecule has 1 aliphatic heterocycles. The molecule has 1 fully saturated rings. The fourth-order valence-electron chi connectivity index (χ4n) is 1.90. The maximum Gasteiger partial charge on any atom is 0.227 e. The van der Waals surface area contributed by atoms with Crippen molar-refractivity contribution in [1.29, 1.82) is 0 Å². The molecule has 1 saturated heterocycles. The van der Waals surface area contributed by atoms with E-state index in [4.69, 9.17) is 23.2 Å². The van der Waals surface area contributed by atoms with Crippen molar-refractivity contribution in [2.45, 2.75) is 6.42 Å². The Kier molecular flexibility index (Phi) is 3.81. The first-order valence-corrected chi connectivity index (χ1v) is 6.65. The van der Waals surface area contributed by atoms with E-state index in [2.05, 4.69) is 22.5 Å². The van der Waals surface area contributed by atoms with E-state index in [9.17, 15) is 4.79 Å². The molecule has 17 heavy (non-hydrogen) atoms. The molecule has 1 unspecified atom stereocenters. The summed E-state index contributed by atoms with van der Waals surface area (Å²) in [6.07, 6.45) is 2.25. The Morgan fingerprint density at radius 1 is 1.41 bits per heavy atom. The van der Waals surface area contributed by atoms with Crippen molar-refractivity contribution in [3.63, 3.8) is 0 Å². The predicted octanol–water partition coefficient (Wildman–Crippen LogP) is 4.29. The van der Waals surface area contributed by atoms with Gasteiger partial charge in [-0.15, -0.1) is 6.58 Å². The van der Waals surface area contributed by atoms with Crippen molar-refractivity contribution >= 4 is 50.7 Å². The van der Waals surface area contributed by atoms with Crippen molar-refractivity contribution in [2.75, 3.05) is 11.4 Å². The molecule has 1 aromatic carbocycles. The molecule has 1 aromatic rings. The van der Waals surface area contributed by atoms with Crippen molar-refractivity contribution in [3.05, 3.63) is 39.3 Å². The number of hydrogen-bond donors (Lipinski definition) is 0. The third kappa shape index (κ3) is 2.51. The number of nitrogens with zero attached hydrogens (tertiary/aromatic N) is 1. The minimum atomic E-state index is 0.0287. The molecule has 0 aromatic heterocycles. The van der Waals surface area contributed by atoms with Gasteiger partial charge in [0.2, 0.25) is 5.91 Å². The Morgan fingerprint density at radius 3 is 2.47 bits per heavy atom. The van der Waals surface area contributed by atoms with Gasteiger partial charge in [0.25, 0.3) is 0 Å². The first-order valence-electron chi connectivity index (χ1n) is 5.10. The van der Waals surface area contributed by atoms with Crippen LogP contribution in [0, 0.1) is 5.92 Å². The lowest BCUT2D eigenvalue weighted by Gasteiger charge is -2.19. The van der Waals surface area contributed by atoms with Gasteiger partial charge >= 0.3 is 0 Å². The maximum absolute atomic E-state index is 11.9. The summed E-state index contributed by atoms with van der Waals surface area (Å²) in [5.74, 6) is 0.194. The molecule has 1 aliphatic rings. The lowest BCUT2D eigenvalue weighted by atomic mass is 10.1. The van der Waals surface area contributed by atoms with Gasteiger partial charge in [-0.05, 0) is 12.1 Å². The quantitative estimate of drug-likeness (QED) is 0.738. The SMILES string of the molecule is C=CC1CC(=O)N(c2c(Cl)cc(Br)cc2Cl)C1. The molecule has 1 amide bonds. The topological polar surface area (TPSA) is 20.3 Å². The van der Waals surface area contributed by atoms with E-state index in [0.717, 1.165) is 4.47 Å². The van der Waals surface area contributed by atoms with Crippen LogP contribution >= 0.6 is 39.1 Å². The molecule has 2 rings (SSSR count). The predicted molar refractivity (Wildman–Crippen MR) is 74.8 cm³/mol. The monoisotopic (exact) mass is 333 g/mol. The minimum Gasteiger partial charge on any atom is -0.309 e. The summed E-state index contributed by atoms with van der Waals surface area (Å²) in [7, 11) is 0. The van der Waals surface area contributed by atoms with E-state index in [1.165, 1.54) is 0 Å². The zero-order valence-corrected chi connectivity index (χ0v) is 12.0. The van der Waals surface area contributed by atoms with Crippen LogP contribution in [0.1, 0.15) is 6.42 Å². The Labute approximate surface area is 118 Å². The number of hydrogen-bond acceptors (Lipinski definition) is 1. The van der Waals surface area contributed by atoms with Crippen LogP contribution in [-0.2, 0) is 4.79 Å². The third-order valence-corrected chi connectivity index (χ3v) is 3.77. The van der Waals surface area contributed by atoms with E-state index in [-0.39, 0.29) is 11.8 Å². The second kappa shape index (κ2) is 5.01. The van der Waals surface area contributed by atoms with Crippen LogP contribution in [0.15, 0.2) is 29.3 Å². The summed E-state index contributed by atoms with van der Waals surface area (Å²) in [5, 5.41) is 0.949. The van der Waals surface area contributed by atoms with Gasteiger partial charge in [0.1, 0.15) is 0 Å². The maximum atomic E-state index is 11.9.